The first-order valence-corrected chi connectivity index (χ1v) is 12.1. The maximum Gasteiger partial charge on any atom is 0.431 e. The third-order valence-electron chi connectivity index (χ3n) is 6.06. The van der Waals surface area contributed by atoms with Gasteiger partial charge in [0.2, 0.25) is 5.91 Å². The molecule has 2 aromatic carbocycles. The van der Waals surface area contributed by atoms with E-state index in [1.165, 1.54) is 9.58 Å². The van der Waals surface area contributed by atoms with Gasteiger partial charge in [-0.05, 0) is 30.3 Å². The van der Waals surface area contributed by atoms with Crippen LogP contribution in [0.15, 0.2) is 65.8 Å². The van der Waals surface area contributed by atoms with Crippen molar-refractivity contribution in [2.75, 3.05) is 37.0 Å². The molecule has 0 aliphatic carbocycles. The topological polar surface area (TPSA) is 61.7 Å². The second-order valence-corrected chi connectivity index (χ2v) is 9.16. The van der Waals surface area contributed by atoms with E-state index in [1.54, 1.807) is 46.3 Å². The van der Waals surface area contributed by atoms with Crippen LogP contribution in [0, 0.1) is 0 Å². The number of carbonyl (C=O) groups excluding carboxylic acids is 2. The predicted octanol–water partition coefficient (Wildman–Crippen LogP) is 3.94. The summed E-state index contributed by atoms with van der Waals surface area (Å²) < 4.78 is 41.4. The number of hydrogen-bond donors (Lipinski definition) is 0. The highest BCUT2D eigenvalue weighted by Gasteiger charge is 2.40. The average molecular weight is 502 g/mol. The largest absolute Gasteiger partial charge is 0.431 e. The summed E-state index contributed by atoms with van der Waals surface area (Å²) in [6.07, 6.45) is -2.75. The Labute approximate surface area is 203 Å². The van der Waals surface area contributed by atoms with Gasteiger partial charge in [-0.2, -0.15) is 18.3 Å². The minimum Gasteiger partial charge on any atom is -0.338 e. The molecule has 11 heteroatoms. The Balaban J connectivity index is 1.22. The number of alkyl halides is 3. The van der Waals surface area contributed by atoms with Crippen LogP contribution in [0.2, 0.25) is 0 Å². The summed E-state index contributed by atoms with van der Waals surface area (Å²) >= 11 is 1.10. The van der Waals surface area contributed by atoms with Gasteiger partial charge < -0.3 is 14.7 Å². The van der Waals surface area contributed by atoms with Gasteiger partial charge in [0.25, 0.3) is 5.91 Å². The Morgan fingerprint density at radius 3 is 2.40 bits per heavy atom. The first kappa shape index (κ1) is 23.3. The summed E-state index contributed by atoms with van der Waals surface area (Å²) in [5.74, 6) is 0.0148. The van der Waals surface area contributed by atoms with Gasteiger partial charge in [-0.1, -0.05) is 18.2 Å². The number of hydrogen-bond acceptors (Lipinski definition) is 5. The number of amides is 2. The van der Waals surface area contributed by atoms with Gasteiger partial charge in [0, 0.05) is 54.4 Å². The minimum absolute atomic E-state index is 0.0178. The summed E-state index contributed by atoms with van der Waals surface area (Å²) in [7, 11) is 0. The van der Waals surface area contributed by atoms with Gasteiger partial charge in [0.1, 0.15) is 12.2 Å². The second kappa shape index (κ2) is 9.29. The molecule has 2 aliphatic rings. The third kappa shape index (κ3) is 4.86. The number of halogens is 3. The molecule has 35 heavy (non-hydrogen) atoms. The van der Waals surface area contributed by atoms with Gasteiger partial charge >= 0.3 is 6.18 Å². The molecule has 7 nitrogen and oxygen atoms in total. The lowest BCUT2D eigenvalue weighted by molar-refractivity contribution is -0.133. The van der Waals surface area contributed by atoms with Gasteiger partial charge in [-0.15, -0.1) is 11.8 Å². The molecule has 1 fully saturated rings. The normalized spacial score (nSPS) is 16.7. The van der Waals surface area contributed by atoms with Crippen LogP contribution in [0.4, 0.5) is 18.9 Å². The van der Waals surface area contributed by atoms with Crippen molar-refractivity contribution >= 4 is 40.2 Å². The van der Waals surface area contributed by atoms with Crippen molar-refractivity contribution in [1.82, 2.24) is 19.6 Å². The predicted molar refractivity (Wildman–Crippen MR) is 128 cm³/mol. The monoisotopic (exact) mass is 501 g/mol. The third-order valence-corrected chi connectivity index (χ3v) is 6.86. The van der Waals surface area contributed by atoms with Gasteiger partial charge in [0.05, 0.1) is 11.4 Å². The summed E-state index contributed by atoms with van der Waals surface area (Å²) in [5.41, 5.74) is 0.968. The summed E-state index contributed by atoms with van der Waals surface area (Å²) in [5, 5.41) is 6.19. The fourth-order valence-electron chi connectivity index (χ4n) is 4.23. The Hall–Kier alpha value is -3.47. The van der Waals surface area contributed by atoms with Gasteiger partial charge in [-0.3, -0.25) is 14.3 Å². The molecule has 1 saturated heterocycles. The number of piperazine rings is 1. The zero-order valence-electron chi connectivity index (χ0n) is 18.6. The van der Waals surface area contributed by atoms with Crippen molar-refractivity contribution in [2.24, 2.45) is 0 Å². The van der Waals surface area contributed by atoms with Crippen LogP contribution in [0.3, 0.4) is 0 Å². The molecule has 2 aliphatic heterocycles. The number of anilines is 1. The highest BCUT2D eigenvalue weighted by molar-refractivity contribution is 8.02. The van der Waals surface area contributed by atoms with Crippen molar-refractivity contribution < 1.29 is 22.8 Å². The molecule has 5 rings (SSSR count). The van der Waals surface area contributed by atoms with Gasteiger partial charge in [0.15, 0.2) is 0 Å². The first-order chi connectivity index (χ1) is 16.8. The van der Waals surface area contributed by atoms with Crippen LogP contribution >= 0.6 is 11.8 Å². The fraction of sp³-hybridized carbons (Fsp3) is 0.292. The molecule has 0 radical (unpaired) electrons. The molecule has 0 spiro atoms. The van der Waals surface area contributed by atoms with Crippen molar-refractivity contribution in [3.63, 3.8) is 0 Å². The van der Waals surface area contributed by atoms with E-state index in [2.05, 4.69) is 5.10 Å². The SMILES string of the molecule is O=C(Cn1cc2cc(N3CSC=C3C(F)(F)F)ccc2n1)N1CCN(C(=O)c2ccccc2)CC1. The molecule has 0 atom stereocenters. The standard InChI is InChI=1S/C24H22F3N5O2S/c25-24(26,27)21-15-35-16-32(21)19-6-7-20-18(12-19)13-31(28-20)14-22(33)29-8-10-30(11-9-29)23(34)17-4-2-1-3-5-17/h1-7,12-13,15H,8-11,14,16H2. The van der Waals surface area contributed by atoms with E-state index in [1.807, 2.05) is 18.2 Å². The smallest absolute Gasteiger partial charge is 0.338 e. The lowest BCUT2D eigenvalue weighted by Gasteiger charge is -2.34. The van der Waals surface area contributed by atoms with Crippen LogP contribution in [-0.4, -0.2) is 69.6 Å². The molecule has 182 valence electrons. The van der Waals surface area contributed by atoms with E-state index < -0.39 is 11.9 Å². The maximum atomic E-state index is 13.3. The Morgan fingerprint density at radius 1 is 0.971 bits per heavy atom. The van der Waals surface area contributed by atoms with E-state index >= 15 is 0 Å². The van der Waals surface area contributed by atoms with Gasteiger partial charge in [-0.25, -0.2) is 0 Å². The van der Waals surface area contributed by atoms with E-state index in [0.29, 0.717) is 48.3 Å². The second-order valence-electron chi connectivity index (χ2n) is 8.33. The fourth-order valence-corrected chi connectivity index (χ4v) is 5.16. The number of nitrogens with zero attached hydrogens (tertiary/aromatic N) is 5. The van der Waals surface area contributed by atoms with Crippen LogP contribution in [0.25, 0.3) is 10.9 Å². The molecule has 0 bridgehead atoms. The van der Waals surface area contributed by atoms with E-state index in [9.17, 15) is 22.8 Å². The van der Waals surface area contributed by atoms with Crippen molar-refractivity contribution in [3.05, 3.63) is 71.4 Å². The lowest BCUT2D eigenvalue weighted by Crippen LogP contribution is -2.51. The summed E-state index contributed by atoms with van der Waals surface area (Å²) in [6, 6.07) is 14.0. The molecule has 0 unspecified atom stereocenters. The highest BCUT2D eigenvalue weighted by Crippen LogP contribution is 2.39. The number of aromatic nitrogens is 2. The Morgan fingerprint density at radius 2 is 1.69 bits per heavy atom. The molecule has 0 N–H and O–H groups in total. The number of rotatable bonds is 4. The highest BCUT2D eigenvalue weighted by atomic mass is 32.2. The minimum atomic E-state index is -4.43. The Kier molecular flexibility index (Phi) is 6.18. The number of thioether (sulfide) groups is 1. The first-order valence-electron chi connectivity index (χ1n) is 11.1. The molecule has 2 amide bonds. The Bertz CT molecular complexity index is 1280. The number of benzene rings is 2. The number of carbonyl (C=O) groups is 2. The van der Waals surface area contributed by atoms with Crippen LogP contribution < -0.4 is 4.90 Å². The van der Waals surface area contributed by atoms with E-state index in [4.69, 9.17) is 0 Å². The summed E-state index contributed by atoms with van der Waals surface area (Å²) in [4.78, 5) is 30.1. The van der Waals surface area contributed by atoms with Crippen LogP contribution in [-0.2, 0) is 11.3 Å². The van der Waals surface area contributed by atoms with Crippen molar-refractivity contribution in [3.8, 4) is 0 Å². The average Bonchev–Trinajstić information content (AvgIpc) is 3.50. The molecule has 3 heterocycles. The summed E-state index contributed by atoms with van der Waals surface area (Å²) in [6.45, 7) is 1.78. The molecular formula is C24H22F3N5O2S. The lowest BCUT2D eigenvalue weighted by atomic mass is 10.2. The van der Waals surface area contributed by atoms with Crippen LogP contribution in [0.5, 0.6) is 0 Å². The molecule has 1 aromatic heterocycles. The molecular weight excluding hydrogens is 479 g/mol. The van der Waals surface area contributed by atoms with Crippen molar-refractivity contribution in [1.29, 1.82) is 0 Å². The maximum absolute atomic E-state index is 13.3. The molecule has 0 saturated carbocycles. The zero-order valence-corrected chi connectivity index (χ0v) is 19.4. The van der Waals surface area contributed by atoms with E-state index in [-0.39, 0.29) is 24.2 Å². The zero-order chi connectivity index (χ0) is 24.6. The number of allylic oxidation sites excluding steroid dienone is 1. The van der Waals surface area contributed by atoms with E-state index in [0.717, 1.165) is 17.2 Å². The number of fused-ring (bicyclic) bond motifs is 1. The van der Waals surface area contributed by atoms with Crippen molar-refractivity contribution in [2.45, 2.75) is 12.7 Å². The van der Waals surface area contributed by atoms with Crippen LogP contribution in [0.1, 0.15) is 10.4 Å². The quantitative estimate of drug-likeness (QED) is 0.542. The molecule has 3 aromatic rings.